The second-order valence-electron chi connectivity index (χ2n) is 7.20. The first kappa shape index (κ1) is 20.3. The predicted octanol–water partition coefficient (Wildman–Crippen LogP) is 3.24. The lowest BCUT2D eigenvalue weighted by molar-refractivity contribution is 0.0902. The van der Waals surface area contributed by atoms with E-state index in [-0.39, 0.29) is 12.4 Å². The van der Waals surface area contributed by atoms with Gasteiger partial charge < -0.3 is 0 Å². The molecule has 1 atom stereocenters. The first-order chi connectivity index (χ1) is 11.8. The molecule has 1 saturated heterocycles. The van der Waals surface area contributed by atoms with Crippen LogP contribution in [-0.4, -0.2) is 62.7 Å². The predicted molar refractivity (Wildman–Crippen MR) is 103 cm³/mol. The van der Waals surface area contributed by atoms with Crippen molar-refractivity contribution < 1.29 is 0 Å². The van der Waals surface area contributed by atoms with E-state index in [1.165, 1.54) is 32.1 Å². The van der Waals surface area contributed by atoms with Gasteiger partial charge in [-0.25, -0.2) is 4.68 Å². The summed E-state index contributed by atoms with van der Waals surface area (Å²) in [6.45, 7) is 11.5. The number of tetrazole rings is 1. The van der Waals surface area contributed by atoms with Crippen LogP contribution >= 0.6 is 12.4 Å². The van der Waals surface area contributed by atoms with E-state index in [2.05, 4.69) is 43.5 Å². The van der Waals surface area contributed by atoms with Gasteiger partial charge in [-0.05, 0) is 29.7 Å². The Morgan fingerprint density at radius 2 is 1.88 bits per heavy atom. The average molecular weight is 369 g/mol. The Morgan fingerprint density at radius 3 is 2.52 bits per heavy atom. The van der Waals surface area contributed by atoms with Gasteiger partial charge in [0.15, 0.2) is 5.82 Å². The zero-order valence-electron chi connectivity index (χ0n) is 15.5. The Hall–Kier alpha value is -0.980. The molecule has 0 N–H and O–H groups in total. The number of rotatable bonds is 7. The van der Waals surface area contributed by atoms with Crippen molar-refractivity contribution >= 4 is 12.4 Å². The molecule has 1 aliphatic carbocycles. The van der Waals surface area contributed by atoms with Crippen LogP contribution in [0.2, 0.25) is 0 Å². The first-order valence-corrected chi connectivity index (χ1v) is 9.68. The Bertz CT molecular complexity index is 505. The van der Waals surface area contributed by atoms with E-state index in [1.54, 1.807) is 0 Å². The number of hydrogen-bond donors (Lipinski definition) is 0. The van der Waals surface area contributed by atoms with Crippen LogP contribution in [-0.2, 0) is 0 Å². The molecule has 1 aliphatic heterocycles. The summed E-state index contributed by atoms with van der Waals surface area (Å²) < 4.78 is 2.16. The van der Waals surface area contributed by atoms with Crippen molar-refractivity contribution in [2.45, 2.75) is 64.0 Å². The van der Waals surface area contributed by atoms with Gasteiger partial charge >= 0.3 is 0 Å². The molecule has 0 bridgehead atoms. The van der Waals surface area contributed by atoms with Crippen molar-refractivity contribution in [3.05, 3.63) is 18.5 Å². The van der Waals surface area contributed by atoms with Crippen molar-refractivity contribution in [2.75, 3.05) is 32.7 Å². The van der Waals surface area contributed by atoms with Gasteiger partial charge in [-0.2, -0.15) is 0 Å². The standard InChI is InChI=1S/C18H32N6.ClH/c1-3-8-17(23-14-12-22(11-4-2)13-15-23)18-19-20-21-24(18)16-9-6-5-7-10-16;/h4,16-17H,2-3,5-15H2,1H3;1H. The average Bonchev–Trinajstić information content (AvgIpc) is 3.11. The van der Waals surface area contributed by atoms with E-state index in [1.807, 2.05) is 6.08 Å². The molecule has 6 nitrogen and oxygen atoms in total. The Labute approximate surface area is 158 Å². The molecule has 25 heavy (non-hydrogen) atoms. The Balaban J connectivity index is 0.00000225. The second-order valence-corrected chi connectivity index (χ2v) is 7.20. The normalized spacial score (nSPS) is 21.6. The summed E-state index contributed by atoms with van der Waals surface area (Å²) in [5, 5.41) is 12.9. The fourth-order valence-corrected chi connectivity index (χ4v) is 4.19. The number of nitrogens with zero attached hydrogens (tertiary/aromatic N) is 6. The molecular weight excluding hydrogens is 336 g/mol. The van der Waals surface area contributed by atoms with E-state index >= 15 is 0 Å². The van der Waals surface area contributed by atoms with Gasteiger partial charge in [0.2, 0.25) is 0 Å². The third kappa shape index (κ3) is 5.02. The van der Waals surface area contributed by atoms with Crippen molar-refractivity contribution in [1.29, 1.82) is 0 Å². The third-order valence-corrected chi connectivity index (χ3v) is 5.53. The molecule has 0 amide bonds. The molecule has 1 unspecified atom stereocenters. The third-order valence-electron chi connectivity index (χ3n) is 5.53. The van der Waals surface area contributed by atoms with Crippen LogP contribution in [0.3, 0.4) is 0 Å². The molecule has 1 saturated carbocycles. The van der Waals surface area contributed by atoms with E-state index in [0.717, 1.165) is 51.4 Å². The maximum atomic E-state index is 4.47. The van der Waals surface area contributed by atoms with Crippen LogP contribution in [0.25, 0.3) is 0 Å². The lowest BCUT2D eigenvalue weighted by Gasteiger charge is -2.38. The molecule has 2 aliphatic rings. The van der Waals surface area contributed by atoms with E-state index in [0.29, 0.717) is 12.1 Å². The van der Waals surface area contributed by atoms with E-state index < -0.39 is 0 Å². The maximum absolute atomic E-state index is 4.47. The van der Waals surface area contributed by atoms with Gasteiger partial charge in [-0.3, -0.25) is 9.80 Å². The van der Waals surface area contributed by atoms with E-state index in [9.17, 15) is 0 Å². The van der Waals surface area contributed by atoms with Crippen LogP contribution in [0.15, 0.2) is 12.7 Å². The minimum Gasteiger partial charge on any atom is -0.297 e. The summed E-state index contributed by atoms with van der Waals surface area (Å²) in [6, 6.07) is 0.864. The molecule has 7 heteroatoms. The molecule has 3 rings (SSSR count). The highest BCUT2D eigenvalue weighted by atomic mass is 35.5. The van der Waals surface area contributed by atoms with Gasteiger partial charge in [0.05, 0.1) is 12.1 Å². The van der Waals surface area contributed by atoms with E-state index in [4.69, 9.17) is 0 Å². The van der Waals surface area contributed by atoms with Gasteiger partial charge in [0.1, 0.15) is 0 Å². The van der Waals surface area contributed by atoms with Crippen LogP contribution in [0.4, 0.5) is 0 Å². The minimum atomic E-state index is 0. The molecule has 1 aromatic heterocycles. The van der Waals surface area contributed by atoms with Crippen LogP contribution < -0.4 is 0 Å². The first-order valence-electron chi connectivity index (χ1n) is 9.68. The van der Waals surface area contributed by atoms with Gasteiger partial charge in [-0.15, -0.1) is 24.1 Å². The van der Waals surface area contributed by atoms with Crippen LogP contribution in [0, 0.1) is 0 Å². The van der Waals surface area contributed by atoms with Gasteiger partial charge in [0.25, 0.3) is 0 Å². The maximum Gasteiger partial charge on any atom is 0.168 e. The topological polar surface area (TPSA) is 50.1 Å². The summed E-state index contributed by atoms with van der Waals surface area (Å²) in [7, 11) is 0. The van der Waals surface area contributed by atoms with Gasteiger partial charge in [0, 0.05) is 32.7 Å². The fourth-order valence-electron chi connectivity index (χ4n) is 4.19. The molecule has 2 fully saturated rings. The molecule has 1 aromatic rings. The SMILES string of the molecule is C=CCN1CCN(C(CCC)c2nnnn2C2CCCCC2)CC1.Cl. The monoisotopic (exact) mass is 368 g/mol. The summed E-state index contributed by atoms with van der Waals surface area (Å²) in [5.41, 5.74) is 0. The summed E-state index contributed by atoms with van der Waals surface area (Å²) in [6.07, 6.45) is 10.7. The van der Waals surface area contributed by atoms with Crippen LogP contribution in [0.5, 0.6) is 0 Å². The van der Waals surface area contributed by atoms with Crippen molar-refractivity contribution in [2.24, 2.45) is 0 Å². The number of piperazine rings is 1. The minimum absolute atomic E-state index is 0. The molecule has 0 aromatic carbocycles. The second kappa shape index (κ2) is 10.2. The molecule has 0 spiro atoms. The summed E-state index contributed by atoms with van der Waals surface area (Å²) >= 11 is 0. The van der Waals surface area contributed by atoms with Gasteiger partial charge in [-0.1, -0.05) is 38.7 Å². The fraction of sp³-hybridized carbons (Fsp3) is 0.833. The highest BCUT2D eigenvalue weighted by Crippen LogP contribution is 2.32. The lowest BCUT2D eigenvalue weighted by atomic mass is 9.95. The van der Waals surface area contributed by atoms with Crippen molar-refractivity contribution in [1.82, 2.24) is 30.0 Å². The molecular formula is C18H33ClN6. The molecule has 142 valence electrons. The number of halogens is 1. The van der Waals surface area contributed by atoms with Crippen molar-refractivity contribution in [3.8, 4) is 0 Å². The molecule has 0 radical (unpaired) electrons. The molecule has 2 heterocycles. The summed E-state index contributed by atoms with van der Waals surface area (Å²) in [4.78, 5) is 5.06. The Morgan fingerprint density at radius 1 is 1.16 bits per heavy atom. The lowest BCUT2D eigenvalue weighted by Crippen LogP contribution is -2.48. The zero-order valence-corrected chi connectivity index (χ0v) is 16.3. The smallest absolute Gasteiger partial charge is 0.168 e. The summed E-state index contributed by atoms with van der Waals surface area (Å²) in [5.74, 6) is 1.10. The van der Waals surface area contributed by atoms with Crippen LogP contribution in [0.1, 0.15) is 69.8 Å². The number of aromatic nitrogens is 4. The van der Waals surface area contributed by atoms with Crippen molar-refractivity contribution in [3.63, 3.8) is 0 Å². The zero-order chi connectivity index (χ0) is 16.8. The largest absolute Gasteiger partial charge is 0.297 e. The highest BCUT2D eigenvalue weighted by molar-refractivity contribution is 5.85. The highest BCUT2D eigenvalue weighted by Gasteiger charge is 2.30. The quantitative estimate of drug-likeness (QED) is 0.691. The Kier molecular flexibility index (Phi) is 8.33. The number of hydrogen-bond acceptors (Lipinski definition) is 5.